The highest BCUT2D eigenvalue weighted by atomic mass is 32.1. The lowest BCUT2D eigenvalue weighted by Crippen LogP contribution is -2.07. The van der Waals surface area contributed by atoms with E-state index in [9.17, 15) is 4.79 Å². The third kappa shape index (κ3) is 3.67. The molecule has 2 aromatic rings. The Labute approximate surface area is 127 Å². The van der Waals surface area contributed by atoms with Crippen molar-refractivity contribution in [1.29, 1.82) is 0 Å². The zero-order valence-corrected chi connectivity index (χ0v) is 13.9. The molecule has 20 heavy (non-hydrogen) atoms. The largest absolute Gasteiger partial charge is 0.466 e. The molecular weight excluding hydrogens is 290 g/mol. The van der Waals surface area contributed by atoms with Crippen LogP contribution >= 0.6 is 22.7 Å². The summed E-state index contributed by atoms with van der Waals surface area (Å²) in [7, 11) is 0. The minimum Gasteiger partial charge on any atom is -0.466 e. The summed E-state index contributed by atoms with van der Waals surface area (Å²) in [4.78, 5) is 18.5. The third-order valence-corrected chi connectivity index (χ3v) is 5.31. The van der Waals surface area contributed by atoms with Crippen molar-refractivity contribution in [3.8, 4) is 9.88 Å². The van der Waals surface area contributed by atoms with Crippen LogP contribution in [0.15, 0.2) is 17.5 Å². The number of carbonyl (C=O) groups is 1. The van der Waals surface area contributed by atoms with Crippen LogP contribution in [0.1, 0.15) is 38.3 Å². The Morgan fingerprint density at radius 3 is 2.70 bits per heavy atom. The van der Waals surface area contributed by atoms with Crippen molar-refractivity contribution in [2.24, 2.45) is 0 Å². The van der Waals surface area contributed by atoms with Gasteiger partial charge in [-0.2, -0.15) is 0 Å². The van der Waals surface area contributed by atoms with Crippen LogP contribution in [0, 0.1) is 0 Å². The summed E-state index contributed by atoms with van der Waals surface area (Å²) in [5.41, 5.74) is 0.947. The Morgan fingerprint density at radius 2 is 2.10 bits per heavy atom. The summed E-state index contributed by atoms with van der Waals surface area (Å²) in [6.45, 7) is 8.84. The molecule has 0 spiro atoms. The number of nitrogens with zero attached hydrogens (tertiary/aromatic N) is 1. The first-order chi connectivity index (χ1) is 9.40. The van der Waals surface area contributed by atoms with Gasteiger partial charge >= 0.3 is 5.97 Å². The zero-order valence-electron chi connectivity index (χ0n) is 12.2. The van der Waals surface area contributed by atoms with Crippen LogP contribution in [-0.4, -0.2) is 17.6 Å². The molecule has 0 aromatic carbocycles. The van der Waals surface area contributed by atoms with Gasteiger partial charge in [-0.05, 0) is 24.5 Å². The Bertz CT molecular complexity index is 593. The smallest absolute Gasteiger partial charge is 0.311 e. The summed E-state index contributed by atoms with van der Waals surface area (Å²) >= 11 is 3.35. The van der Waals surface area contributed by atoms with Crippen LogP contribution in [0.25, 0.3) is 9.88 Å². The number of thiophene rings is 1. The van der Waals surface area contributed by atoms with Gasteiger partial charge in [0.15, 0.2) is 0 Å². The molecule has 2 heterocycles. The van der Waals surface area contributed by atoms with Gasteiger partial charge in [0, 0.05) is 10.3 Å². The molecule has 0 unspecified atom stereocenters. The molecule has 2 aromatic heterocycles. The molecule has 0 bridgehead atoms. The standard InChI is InChI=1S/C15H19NO2S2/c1-5-18-13(17)8-10-9-19-14(16-10)11-6-7-12(20-11)15(2,3)4/h6-7,9H,5,8H2,1-4H3. The van der Waals surface area contributed by atoms with Crippen LogP contribution in [0.5, 0.6) is 0 Å². The number of thiazole rings is 1. The summed E-state index contributed by atoms with van der Waals surface area (Å²) in [5.74, 6) is -0.217. The molecule has 0 amide bonds. The summed E-state index contributed by atoms with van der Waals surface area (Å²) in [6.07, 6.45) is 0.252. The fraction of sp³-hybridized carbons (Fsp3) is 0.467. The molecule has 0 N–H and O–H groups in total. The van der Waals surface area contributed by atoms with Gasteiger partial charge in [-0.15, -0.1) is 22.7 Å². The van der Waals surface area contributed by atoms with Crippen molar-refractivity contribution in [2.75, 3.05) is 6.61 Å². The predicted molar refractivity (Wildman–Crippen MR) is 84.5 cm³/mol. The van der Waals surface area contributed by atoms with E-state index in [-0.39, 0.29) is 17.8 Å². The molecule has 0 saturated heterocycles. The monoisotopic (exact) mass is 309 g/mol. The van der Waals surface area contributed by atoms with Gasteiger partial charge in [0.1, 0.15) is 5.01 Å². The lowest BCUT2D eigenvalue weighted by atomic mass is 9.95. The quantitative estimate of drug-likeness (QED) is 0.792. The van der Waals surface area contributed by atoms with Crippen LogP contribution in [0.2, 0.25) is 0 Å². The average Bonchev–Trinajstić information content (AvgIpc) is 2.95. The van der Waals surface area contributed by atoms with Gasteiger partial charge in [-0.1, -0.05) is 20.8 Å². The van der Waals surface area contributed by atoms with Crippen LogP contribution in [-0.2, 0) is 21.4 Å². The van der Waals surface area contributed by atoms with Crippen molar-refractivity contribution in [3.63, 3.8) is 0 Å². The summed E-state index contributed by atoms with van der Waals surface area (Å²) < 4.78 is 4.94. The lowest BCUT2D eigenvalue weighted by Gasteiger charge is -2.15. The number of hydrogen-bond acceptors (Lipinski definition) is 5. The normalized spacial score (nSPS) is 11.6. The van der Waals surface area contributed by atoms with E-state index in [1.54, 1.807) is 22.7 Å². The van der Waals surface area contributed by atoms with Crippen LogP contribution in [0.4, 0.5) is 0 Å². The van der Waals surface area contributed by atoms with Gasteiger partial charge in [-0.25, -0.2) is 4.98 Å². The van der Waals surface area contributed by atoms with E-state index in [0.29, 0.717) is 6.61 Å². The Morgan fingerprint density at radius 1 is 1.35 bits per heavy atom. The van der Waals surface area contributed by atoms with Crippen molar-refractivity contribution >= 4 is 28.6 Å². The lowest BCUT2D eigenvalue weighted by molar-refractivity contribution is -0.142. The number of carbonyl (C=O) groups excluding carboxylic acids is 1. The fourth-order valence-corrected chi connectivity index (χ4v) is 3.67. The Balaban J connectivity index is 2.13. The van der Waals surface area contributed by atoms with Gasteiger partial charge in [0.25, 0.3) is 0 Å². The maximum absolute atomic E-state index is 11.4. The number of rotatable bonds is 4. The molecule has 0 radical (unpaired) electrons. The second-order valence-corrected chi connectivity index (χ2v) is 7.48. The molecule has 0 aliphatic heterocycles. The van der Waals surface area contributed by atoms with Crippen molar-refractivity contribution in [2.45, 2.75) is 39.5 Å². The van der Waals surface area contributed by atoms with Crippen LogP contribution < -0.4 is 0 Å². The zero-order chi connectivity index (χ0) is 14.8. The first-order valence-corrected chi connectivity index (χ1v) is 8.30. The van der Waals surface area contributed by atoms with Gasteiger partial charge < -0.3 is 4.74 Å². The summed E-state index contributed by atoms with van der Waals surface area (Å²) in [6, 6.07) is 4.27. The number of esters is 1. The predicted octanol–water partition coefficient (Wildman–Crippen LogP) is 4.27. The first-order valence-electron chi connectivity index (χ1n) is 6.61. The molecule has 0 atom stereocenters. The molecule has 0 aliphatic carbocycles. The average molecular weight is 309 g/mol. The van der Waals surface area contributed by atoms with E-state index in [1.165, 1.54) is 4.88 Å². The maximum atomic E-state index is 11.4. The van der Waals surface area contributed by atoms with Crippen LogP contribution in [0.3, 0.4) is 0 Å². The molecule has 0 saturated carbocycles. The van der Waals surface area contributed by atoms with E-state index < -0.39 is 0 Å². The fourth-order valence-electron chi connectivity index (χ4n) is 1.72. The van der Waals surface area contributed by atoms with E-state index >= 15 is 0 Å². The highest BCUT2D eigenvalue weighted by molar-refractivity contribution is 7.21. The van der Waals surface area contributed by atoms with E-state index in [1.807, 2.05) is 12.3 Å². The van der Waals surface area contributed by atoms with Gasteiger partial charge in [-0.3, -0.25) is 4.79 Å². The topological polar surface area (TPSA) is 39.2 Å². The number of aromatic nitrogens is 1. The summed E-state index contributed by atoms with van der Waals surface area (Å²) in [5, 5.41) is 2.91. The number of hydrogen-bond donors (Lipinski definition) is 0. The molecule has 3 nitrogen and oxygen atoms in total. The van der Waals surface area contributed by atoms with E-state index in [4.69, 9.17) is 4.74 Å². The maximum Gasteiger partial charge on any atom is 0.311 e. The number of ether oxygens (including phenoxy) is 1. The second-order valence-electron chi connectivity index (χ2n) is 5.54. The molecule has 2 rings (SSSR count). The highest BCUT2D eigenvalue weighted by Crippen LogP contribution is 2.36. The first kappa shape index (κ1) is 15.2. The molecule has 108 valence electrons. The SMILES string of the molecule is CCOC(=O)Cc1csc(-c2ccc(C(C)(C)C)s2)n1. The Hall–Kier alpha value is -1.20. The third-order valence-electron chi connectivity index (χ3n) is 2.74. The molecular formula is C15H19NO2S2. The van der Waals surface area contributed by atoms with Gasteiger partial charge in [0.2, 0.25) is 0 Å². The Kier molecular flexibility index (Phi) is 4.60. The van der Waals surface area contributed by atoms with E-state index in [0.717, 1.165) is 15.6 Å². The van der Waals surface area contributed by atoms with Gasteiger partial charge in [0.05, 0.1) is 23.6 Å². The highest BCUT2D eigenvalue weighted by Gasteiger charge is 2.18. The van der Waals surface area contributed by atoms with E-state index in [2.05, 4.69) is 37.9 Å². The molecule has 5 heteroatoms. The second kappa shape index (κ2) is 6.06. The van der Waals surface area contributed by atoms with Crippen molar-refractivity contribution in [1.82, 2.24) is 4.98 Å². The van der Waals surface area contributed by atoms with Crippen molar-refractivity contribution in [3.05, 3.63) is 28.1 Å². The van der Waals surface area contributed by atoms with Crippen molar-refractivity contribution < 1.29 is 9.53 Å². The minimum absolute atomic E-state index is 0.161. The molecule has 0 aliphatic rings. The molecule has 0 fully saturated rings. The minimum atomic E-state index is -0.217.